The van der Waals surface area contributed by atoms with Crippen LogP contribution in [0.2, 0.25) is 0 Å². The summed E-state index contributed by atoms with van der Waals surface area (Å²) in [7, 11) is -3.10. The first-order valence-electron chi connectivity index (χ1n) is 7.85. The predicted octanol–water partition coefficient (Wildman–Crippen LogP) is 4.28. The van der Waals surface area contributed by atoms with E-state index in [1.165, 1.54) is 0 Å². The number of nitrogens with two attached hydrogens (primary N) is 1. The number of carbonyl (C=O) groups excluding carboxylic acids is 1. The van der Waals surface area contributed by atoms with Crippen LogP contribution in [0.5, 0.6) is 5.75 Å². The summed E-state index contributed by atoms with van der Waals surface area (Å²) in [5.74, 6) is -1.03. The molecule has 0 atom stereocenters. The lowest BCUT2D eigenvalue weighted by Crippen LogP contribution is -2.14. The summed E-state index contributed by atoms with van der Waals surface area (Å²) >= 11 is 0. The fourth-order valence-corrected chi connectivity index (χ4v) is 3.12. The van der Waals surface area contributed by atoms with Gasteiger partial charge in [-0.1, -0.05) is 6.08 Å². The minimum absolute atomic E-state index is 0.0407. The molecular formula is C18H13F6NO4S. The Hall–Kier alpha value is -2.86. The molecule has 2 rings (SSSR count). The molecule has 0 aliphatic heterocycles. The Kier molecular flexibility index (Phi) is 6.33. The van der Waals surface area contributed by atoms with Crippen molar-refractivity contribution < 1.29 is 44.3 Å². The second-order valence-corrected chi connectivity index (χ2v) is 7.48. The second kappa shape index (κ2) is 8.11. The third-order valence-electron chi connectivity index (χ3n) is 3.79. The van der Waals surface area contributed by atoms with Gasteiger partial charge in [-0.25, -0.2) is 13.6 Å². The molecule has 0 radical (unpaired) electrons. The van der Waals surface area contributed by atoms with Crippen molar-refractivity contribution in [3.63, 3.8) is 0 Å². The van der Waals surface area contributed by atoms with Crippen molar-refractivity contribution in [2.45, 2.75) is 17.2 Å². The highest BCUT2D eigenvalue weighted by molar-refractivity contribution is 7.89. The van der Waals surface area contributed by atoms with Crippen molar-refractivity contribution in [3.8, 4) is 5.75 Å². The van der Waals surface area contributed by atoms with Gasteiger partial charge < -0.3 is 4.74 Å². The van der Waals surface area contributed by atoms with E-state index in [4.69, 9.17) is 9.88 Å². The number of primary sulfonamides is 1. The number of alkyl halides is 6. The summed E-state index contributed by atoms with van der Waals surface area (Å²) in [5.41, 5.74) is -3.82. The van der Waals surface area contributed by atoms with Crippen molar-refractivity contribution >= 4 is 21.9 Å². The van der Waals surface area contributed by atoms with Crippen LogP contribution in [0.4, 0.5) is 26.3 Å². The Balaban J connectivity index is 2.46. The first kappa shape index (κ1) is 23.4. The van der Waals surface area contributed by atoms with E-state index in [2.05, 4.69) is 0 Å². The van der Waals surface area contributed by atoms with Gasteiger partial charge >= 0.3 is 12.4 Å². The number of hydrogen-bond acceptors (Lipinski definition) is 4. The SMILES string of the molecule is COc1ccc(C(=O)/C=C/c2cc(C(F)(F)F)cc(C(F)(F)F)c2)cc1S(N)(=O)=O. The normalized spacial score (nSPS) is 12.9. The first-order valence-corrected chi connectivity index (χ1v) is 9.40. The number of ether oxygens (including phenoxy) is 1. The predicted molar refractivity (Wildman–Crippen MR) is 94.2 cm³/mol. The molecule has 12 heteroatoms. The van der Waals surface area contributed by atoms with Gasteiger partial charge in [-0.3, -0.25) is 4.79 Å². The Morgan fingerprint density at radius 3 is 1.93 bits per heavy atom. The highest BCUT2D eigenvalue weighted by Crippen LogP contribution is 2.36. The lowest BCUT2D eigenvalue weighted by molar-refractivity contribution is -0.143. The molecule has 0 bridgehead atoms. The van der Waals surface area contributed by atoms with Gasteiger partial charge in [0.1, 0.15) is 10.6 Å². The summed E-state index contributed by atoms with van der Waals surface area (Å²) in [4.78, 5) is 11.7. The average Bonchev–Trinajstić information content (AvgIpc) is 2.63. The maximum absolute atomic E-state index is 12.9. The summed E-state index contributed by atoms with van der Waals surface area (Å²) in [6.07, 6.45) is -8.60. The number of hydrogen-bond donors (Lipinski definition) is 1. The molecule has 5 nitrogen and oxygen atoms in total. The van der Waals surface area contributed by atoms with Crippen molar-refractivity contribution in [2.75, 3.05) is 7.11 Å². The van der Waals surface area contributed by atoms with Crippen molar-refractivity contribution in [2.24, 2.45) is 5.14 Å². The molecule has 0 heterocycles. The molecule has 0 aliphatic carbocycles. The van der Waals surface area contributed by atoms with E-state index in [1.807, 2.05) is 0 Å². The smallest absolute Gasteiger partial charge is 0.416 e. The molecule has 162 valence electrons. The van der Waals surface area contributed by atoms with Crippen molar-refractivity contribution in [1.29, 1.82) is 0 Å². The van der Waals surface area contributed by atoms with Gasteiger partial charge in [-0.2, -0.15) is 26.3 Å². The van der Waals surface area contributed by atoms with Crippen LogP contribution in [0, 0.1) is 0 Å². The Morgan fingerprint density at radius 2 is 1.50 bits per heavy atom. The molecule has 0 fully saturated rings. The second-order valence-electron chi connectivity index (χ2n) is 5.95. The standard InChI is InChI=1S/C18H13F6NO4S/c1-29-15-5-3-11(8-16(15)30(25,27)28)14(26)4-2-10-6-12(17(19,20)21)9-13(7-10)18(22,23)24/h2-9H,1H3,(H2,25,27,28)/b4-2+. The van der Waals surface area contributed by atoms with Gasteiger partial charge in [-0.05, 0) is 48.0 Å². The van der Waals surface area contributed by atoms with E-state index >= 15 is 0 Å². The fraction of sp³-hybridized carbons (Fsp3) is 0.167. The molecule has 2 N–H and O–H groups in total. The van der Waals surface area contributed by atoms with Gasteiger partial charge in [0, 0.05) is 5.56 Å². The zero-order valence-corrected chi connectivity index (χ0v) is 15.8. The number of rotatable bonds is 5. The van der Waals surface area contributed by atoms with Gasteiger partial charge in [0.25, 0.3) is 0 Å². The van der Waals surface area contributed by atoms with Crippen LogP contribution in [-0.2, 0) is 22.4 Å². The Bertz CT molecular complexity index is 1070. The van der Waals surface area contributed by atoms with Crippen molar-refractivity contribution in [1.82, 2.24) is 0 Å². The van der Waals surface area contributed by atoms with Crippen LogP contribution in [0.25, 0.3) is 6.08 Å². The van der Waals surface area contributed by atoms with Crippen LogP contribution in [0.3, 0.4) is 0 Å². The molecule has 2 aromatic carbocycles. The largest absolute Gasteiger partial charge is 0.495 e. The number of halogens is 6. The van der Waals surface area contributed by atoms with E-state index in [0.29, 0.717) is 18.2 Å². The highest BCUT2D eigenvalue weighted by atomic mass is 32.2. The molecule has 30 heavy (non-hydrogen) atoms. The Morgan fingerprint density at radius 1 is 0.967 bits per heavy atom. The lowest BCUT2D eigenvalue weighted by Gasteiger charge is -2.12. The fourth-order valence-electron chi connectivity index (χ4n) is 2.40. The van der Waals surface area contributed by atoms with E-state index in [-0.39, 0.29) is 17.4 Å². The molecule has 0 spiro atoms. The molecule has 0 aromatic heterocycles. The maximum atomic E-state index is 12.9. The average molecular weight is 453 g/mol. The number of carbonyl (C=O) groups is 1. The van der Waals surface area contributed by atoms with E-state index < -0.39 is 49.7 Å². The number of benzene rings is 2. The van der Waals surface area contributed by atoms with Crippen LogP contribution in [0.15, 0.2) is 47.4 Å². The topological polar surface area (TPSA) is 86.5 Å². The zero-order valence-electron chi connectivity index (χ0n) is 15.0. The molecule has 0 saturated heterocycles. The first-order chi connectivity index (χ1) is 13.6. The number of methoxy groups -OCH3 is 1. The lowest BCUT2D eigenvalue weighted by atomic mass is 10.0. The van der Waals surface area contributed by atoms with Gasteiger partial charge in [0.15, 0.2) is 5.78 Å². The molecular weight excluding hydrogens is 440 g/mol. The zero-order chi connectivity index (χ0) is 22.9. The number of sulfonamides is 1. The summed E-state index contributed by atoms with van der Waals surface area (Å²) in [5, 5.41) is 5.03. The maximum Gasteiger partial charge on any atom is 0.416 e. The molecule has 0 saturated carbocycles. The summed E-state index contributed by atoms with van der Waals surface area (Å²) in [6, 6.07) is 4.03. The minimum Gasteiger partial charge on any atom is -0.495 e. The molecule has 0 amide bonds. The monoisotopic (exact) mass is 453 g/mol. The minimum atomic E-state index is -5.03. The third kappa shape index (κ3) is 5.60. The highest BCUT2D eigenvalue weighted by Gasteiger charge is 2.36. The van der Waals surface area contributed by atoms with E-state index in [9.17, 15) is 39.6 Å². The van der Waals surface area contributed by atoms with Crippen LogP contribution < -0.4 is 9.88 Å². The Labute approximate surface area is 166 Å². The van der Waals surface area contributed by atoms with E-state index in [0.717, 1.165) is 31.4 Å². The van der Waals surface area contributed by atoms with Gasteiger partial charge in [0.2, 0.25) is 10.0 Å². The van der Waals surface area contributed by atoms with Crippen LogP contribution >= 0.6 is 0 Å². The summed E-state index contributed by atoms with van der Waals surface area (Å²) in [6.45, 7) is 0. The molecule has 0 unspecified atom stereocenters. The molecule has 2 aromatic rings. The van der Waals surface area contributed by atoms with Gasteiger partial charge in [-0.15, -0.1) is 0 Å². The summed E-state index contributed by atoms with van der Waals surface area (Å²) < 4.78 is 105. The van der Waals surface area contributed by atoms with E-state index in [1.54, 1.807) is 0 Å². The molecule has 0 aliphatic rings. The number of allylic oxidation sites excluding steroid dienone is 1. The van der Waals surface area contributed by atoms with Crippen LogP contribution in [-0.4, -0.2) is 21.3 Å². The van der Waals surface area contributed by atoms with Crippen molar-refractivity contribution in [3.05, 3.63) is 64.7 Å². The van der Waals surface area contributed by atoms with Crippen LogP contribution in [0.1, 0.15) is 27.0 Å². The third-order valence-corrected chi connectivity index (χ3v) is 4.72. The number of ketones is 1. The quantitative estimate of drug-likeness (QED) is 0.416. The van der Waals surface area contributed by atoms with Gasteiger partial charge in [0.05, 0.1) is 18.2 Å².